The summed E-state index contributed by atoms with van der Waals surface area (Å²) >= 11 is 1.68. The highest BCUT2D eigenvalue weighted by molar-refractivity contribution is 7.09. The molecule has 1 saturated heterocycles. The summed E-state index contributed by atoms with van der Waals surface area (Å²) in [4.78, 5) is 11.5. The Bertz CT molecular complexity index is 551. The molecule has 2 aromatic rings. The molecule has 1 N–H and O–H groups in total. The van der Waals surface area contributed by atoms with E-state index in [2.05, 4.69) is 37.9 Å². The second-order valence-corrected chi connectivity index (χ2v) is 5.31. The third-order valence-corrected chi connectivity index (χ3v) is 3.90. The van der Waals surface area contributed by atoms with Crippen LogP contribution in [0, 0.1) is 0 Å². The largest absolute Gasteiger partial charge is 0.378 e. The Hall–Kier alpha value is -1.40. The van der Waals surface area contributed by atoms with Crippen LogP contribution in [0.2, 0.25) is 0 Å². The van der Waals surface area contributed by atoms with E-state index in [1.807, 2.05) is 0 Å². The van der Waals surface area contributed by atoms with Crippen molar-refractivity contribution in [2.24, 2.45) is 0 Å². The lowest BCUT2D eigenvalue weighted by molar-refractivity contribution is 0.122. The number of morpholine rings is 1. The lowest BCUT2D eigenvalue weighted by atomic mass is 10.3. The lowest BCUT2D eigenvalue weighted by Crippen LogP contribution is -2.37. The molecule has 2 aromatic heterocycles. The Balaban J connectivity index is 1.97. The third-order valence-electron chi connectivity index (χ3n) is 3.16. The molecule has 0 aliphatic carbocycles. The normalized spacial score (nSPS) is 15.9. The number of ether oxygens (including phenoxy) is 1. The van der Waals surface area contributed by atoms with Gasteiger partial charge < -0.3 is 15.0 Å². The first-order valence-electron chi connectivity index (χ1n) is 6.69. The Morgan fingerprint density at radius 1 is 1.32 bits per heavy atom. The van der Waals surface area contributed by atoms with E-state index in [-0.39, 0.29) is 0 Å². The van der Waals surface area contributed by atoms with Crippen LogP contribution in [0.3, 0.4) is 0 Å². The van der Waals surface area contributed by atoms with E-state index in [4.69, 9.17) is 4.74 Å². The molecule has 0 radical (unpaired) electrons. The number of aromatic nitrogens is 2. The molecule has 1 aliphatic heterocycles. The van der Waals surface area contributed by atoms with Crippen molar-refractivity contribution in [3.05, 3.63) is 10.8 Å². The molecule has 5 nitrogen and oxygen atoms in total. The third kappa shape index (κ3) is 2.64. The van der Waals surface area contributed by atoms with Gasteiger partial charge in [-0.15, -0.1) is 11.3 Å². The summed E-state index contributed by atoms with van der Waals surface area (Å²) in [6.07, 6.45) is 1.07. The van der Waals surface area contributed by atoms with Crippen LogP contribution in [-0.2, 0) is 4.74 Å². The van der Waals surface area contributed by atoms with E-state index in [1.165, 1.54) is 0 Å². The highest BCUT2D eigenvalue weighted by atomic mass is 32.1. The Kier molecular flexibility index (Phi) is 3.79. The zero-order chi connectivity index (χ0) is 13.1. The molecule has 102 valence electrons. The van der Waals surface area contributed by atoms with Crippen LogP contribution in [0.4, 0.5) is 11.8 Å². The number of hydrogen-bond acceptors (Lipinski definition) is 6. The quantitative estimate of drug-likeness (QED) is 0.930. The minimum absolute atomic E-state index is 0.731. The van der Waals surface area contributed by atoms with Gasteiger partial charge in [0.25, 0.3) is 0 Å². The van der Waals surface area contributed by atoms with Crippen molar-refractivity contribution in [1.82, 2.24) is 9.97 Å². The van der Waals surface area contributed by atoms with Crippen molar-refractivity contribution in [2.45, 2.75) is 13.3 Å². The van der Waals surface area contributed by atoms with Crippen LogP contribution < -0.4 is 10.2 Å². The molecule has 0 unspecified atom stereocenters. The Labute approximate surface area is 116 Å². The Morgan fingerprint density at radius 2 is 2.16 bits per heavy atom. The molecule has 0 bridgehead atoms. The maximum atomic E-state index is 5.41. The minimum atomic E-state index is 0.731. The topological polar surface area (TPSA) is 50.3 Å². The number of anilines is 2. The number of thiophene rings is 1. The van der Waals surface area contributed by atoms with E-state index < -0.39 is 0 Å². The van der Waals surface area contributed by atoms with Gasteiger partial charge in [0.1, 0.15) is 5.82 Å². The van der Waals surface area contributed by atoms with Crippen LogP contribution in [0.25, 0.3) is 10.9 Å². The summed E-state index contributed by atoms with van der Waals surface area (Å²) in [7, 11) is 0. The van der Waals surface area contributed by atoms with E-state index in [0.29, 0.717) is 0 Å². The summed E-state index contributed by atoms with van der Waals surface area (Å²) in [5.41, 5.74) is 1.03. The lowest BCUT2D eigenvalue weighted by Gasteiger charge is -2.28. The van der Waals surface area contributed by atoms with Crippen LogP contribution in [0.5, 0.6) is 0 Å². The number of hydrogen-bond donors (Lipinski definition) is 1. The van der Waals surface area contributed by atoms with Crippen LogP contribution >= 0.6 is 11.3 Å². The maximum Gasteiger partial charge on any atom is 0.225 e. The summed E-state index contributed by atoms with van der Waals surface area (Å²) in [5, 5.41) is 8.64. The zero-order valence-electron chi connectivity index (χ0n) is 11.1. The predicted molar refractivity (Wildman–Crippen MR) is 79.2 cm³/mol. The Morgan fingerprint density at radius 3 is 2.95 bits per heavy atom. The van der Waals surface area contributed by atoms with Crippen molar-refractivity contribution >= 4 is 34.0 Å². The molecule has 3 heterocycles. The second-order valence-electron chi connectivity index (χ2n) is 4.57. The van der Waals surface area contributed by atoms with E-state index in [9.17, 15) is 0 Å². The van der Waals surface area contributed by atoms with Gasteiger partial charge >= 0.3 is 0 Å². The zero-order valence-corrected chi connectivity index (χ0v) is 11.9. The first-order valence-corrected chi connectivity index (χ1v) is 7.63. The van der Waals surface area contributed by atoms with Crippen molar-refractivity contribution in [2.75, 3.05) is 43.1 Å². The van der Waals surface area contributed by atoms with Crippen LogP contribution in [0.1, 0.15) is 13.3 Å². The molecule has 0 atom stereocenters. The SMILES string of the molecule is CCCNc1nc(N2CCOCC2)c2cscc2n1. The summed E-state index contributed by atoms with van der Waals surface area (Å²) < 4.78 is 5.41. The molecular formula is C13H18N4OS. The number of fused-ring (bicyclic) bond motifs is 1. The molecule has 0 aromatic carbocycles. The maximum absolute atomic E-state index is 5.41. The molecule has 0 saturated carbocycles. The number of rotatable bonds is 4. The van der Waals surface area contributed by atoms with Gasteiger partial charge in [-0.05, 0) is 6.42 Å². The van der Waals surface area contributed by atoms with Crippen molar-refractivity contribution in [3.63, 3.8) is 0 Å². The van der Waals surface area contributed by atoms with Gasteiger partial charge in [0, 0.05) is 30.4 Å². The fourth-order valence-corrected chi connectivity index (χ4v) is 2.91. The van der Waals surface area contributed by atoms with Gasteiger partial charge in [-0.2, -0.15) is 4.98 Å². The summed E-state index contributed by atoms with van der Waals surface area (Å²) in [6, 6.07) is 0. The van der Waals surface area contributed by atoms with Gasteiger partial charge in [-0.1, -0.05) is 6.92 Å². The van der Waals surface area contributed by atoms with Crippen molar-refractivity contribution in [3.8, 4) is 0 Å². The van der Waals surface area contributed by atoms with Gasteiger partial charge in [0.05, 0.1) is 24.1 Å². The highest BCUT2D eigenvalue weighted by Gasteiger charge is 2.17. The monoisotopic (exact) mass is 278 g/mol. The number of nitrogens with one attached hydrogen (secondary N) is 1. The van der Waals surface area contributed by atoms with Crippen LogP contribution in [-0.4, -0.2) is 42.8 Å². The minimum Gasteiger partial charge on any atom is -0.378 e. The first-order chi connectivity index (χ1) is 9.38. The molecular weight excluding hydrogens is 260 g/mol. The van der Waals surface area contributed by atoms with Crippen molar-refractivity contribution in [1.29, 1.82) is 0 Å². The molecule has 19 heavy (non-hydrogen) atoms. The molecule has 1 fully saturated rings. The fraction of sp³-hybridized carbons (Fsp3) is 0.538. The smallest absolute Gasteiger partial charge is 0.225 e. The first kappa shape index (κ1) is 12.6. The molecule has 3 rings (SSSR count). The molecule has 0 amide bonds. The average Bonchev–Trinajstić information content (AvgIpc) is 2.93. The van der Waals surface area contributed by atoms with E-state index in [0.717, 1.165) is 61.9 Å². The number of nitrogens with zero attached hydrogens (tertiary/aromatic N) is 3. The van der Waals surface area contributed by atoms with Crippen molar-refractivity contribution < 1.29 is 4.74 Å². The highest BCUT2D eigenvalue weighted by Crippen LogP contribution is 2.28. The fourth-order valence-electron chi connectivity index (χ4n) is 2.18. The molecule has 0 spiro atoms. The predicted octanol–water partition coefficient (Wildman–Crippen LogP) is 2.35. The summed E-state index contributed by atoms with van der Waals surface area (Å²) in [5.74, 6) is 1.77. The van der Waals surface area contributed by atoms with E-state index in [1.54, 1.807) is 11.3 Å². The molecule has 6 heteroatoms. The van der Waals surface area contributed by atoms with Gasteiger partial charge in [-0.3, -0.25) is 0 Å². The molecule has 1 aliphatic rings. The van der Waals surface area contributed by atoms with Gasteiger partial charge in [0.2, 0.25) is 5.95 Å². The summed E-state index contributed by atoms with van der Waals surface area (Å²) in [6.45, 7) is 6.38. The standard InChI is InChI=1S/C13H18N4OS/c1-2-3-14-13-15-11-9-19-8-10(11)12(16-13)17-4-6-18-7-5-17/h8-9H,2-7H2,1H3,(H,14,15). The van der Waals surface area contributed by atoms with Gasteiger partial charge in [0.15, 0.2) is 0 Å². The second kappa shape index (κ2) is 5.71. The average molecular weight is 278 g/mol. The van der Waals surface area contributed by atoms with E-state index >= 15 is 0 Å². The van der Waals surface area contributed by atoms with Crippen LogP contribution in [0.15, 0.2) is 10.8 Å². The van der Waals surface area contributed by atoms with Gasteiger partial charge in [-0.25, -0.2) is 4.98 Å².